The molecule has 1 saturated heterocycles. The highest BCUT2D eigenvalue weighted by molar-refractivity contribution is 5.81. The first-order chi connectivity index (χ1) is 15.6. The molecule has 0 radical (unpaired) electrons. The molecule has 32 heavy (non-hydrogen) atoms. The molecule has 0 bridgehead atoms. The highest BCUT2D eigenvalue weighted by Crippen LogP contribution is 2.26. The maximum atomic E-state index is 6.02. The van der Waals surface area contributed by atoms with Gasteiger partial charge in [0, 0.05) is 43.8 Å². The summed E-state index contributed by atoms with van der Waals surface area (Å²) < 4.78 is 11.7. The van der Waals surface area contributed by atoms with Gasteiger partial charge in [0.15, 0.2) is 5.96 Å². The van der Waals surface area contributed by atoms with Gasteiger partial charge in [-0.3, -0.25) is 4.99 Å². The maximum absolute atomic E-state index is 6.02. The van der Waals surface area contributed by atoms with Crippen molar-refractivity contribution in [2.75, 3.05) is 26.8 Å². The fourth-order valence-corrected chi connectivity index (χ4v) is 4.36. The van der Waals surface area contributed by atoms with Crippen LogP contribution in [0.3, 0.4) is 0 Å². The van der Waals surface area contributed by atoms with E-state index in [-0.39, 0.29) is 17.6 Å². The topological polar surface area (TPSA) is 70.8 Å². The summed E-state index contributed by atoms with van der Waals surface area (Å²) in [5, 5.41) is 12.0. The molecule has 3 N–H and O–H groups in total. The van der Waals surface area contributed by atoms with Crippen LogP contribution in [0, 0.1) is 0 Å². The van der Waals surface area contributed by atoms with Gasteiger partial charge in [-0.05, 0) is 44.4 Å². The van der Waals surface area contributed by atoms with Crippen LogP contribution < -0.4 is 16.0 Å². The molecule has 2 atom stereocenters. The number of nitrogens with one attached hydrogen (secondary N) is 3. The van der Waals surface area contributed by atoms with E-state index < -0.39 is 0 Å². The molecule has 0 saturated carbocycles. The van der Waals surface area contributed by atoms with Crippen molar-refractivity contribution in [3.63, 3.8) is 0 Å². The minimum Gasteiger partial charge on any atom is -0.459 e. The Hall–Kier alpha value is -2.83. The second-order valence-corrected chi connectivity index (χ2v) is 8.65. The van der Waals surface area contributed by atoms with Crippen LogP contribution in [0.15, 0.2) is 70.1 Å². The van der Waals surface area contributed by atoms with Crippen LogP contribution in [0.4, 0.5) is 0 Å². The summed E-state index contributed by atoms with van der Waals surface area (Å²) in [7, 11) is 1.80. The van der Waals surface area contributed by atoms with Crippen molar-refractivity contribution < 1.29 is 9.15 Å². The minimum atomic E-state index is -0.0618. The summed E-state index contributed by atoms with van der Waals surface area (Å²) in [5.74, 6) is 1.66. The van der Waals surface area contributed by atoms with Gasteiger partial charge in [-0.1, -0.05) is 48.5 Å². The van der Waals surface area contributed by atoms with Crippen LogP contribution in [0.5, 0.6) is 0 Å². The lowest BCUT2D eigenvalue weighted by molar-refractivity contribution is 0.0354. The molecule has 1 aliphatic heterocycles. The number of para-hydroxylation sites is 1. The molecule has 2 heterocycles. The first-order valence-electron chi connectivity index (χ1n) is 11.4. The molecule has 6 heteroatoms. The van der Waals surface area contributed by atoms with Crippen LogP contribution in [0.2, 0.25) is 0 Å². The lowest BCUT2D eigenvalue weighted by atomic mass is 9.88. The third-order valence-electron chi connectivity index (χ3n) is 6.31. The summed E-state index contributed by atoms with van der Waals surface area (Å²) in [6.45, 7) is 6.60. The van der Waals surface area contributed by atoms with E-state index in [1.54, 1.807) is 7.05 Å². The Morgan fingerprint density at radius 2 is 1.72 bits per heavy atom. The number of fused-ring (bicyclic) bond motifs is 1. The van der Waals surface area contributed by atoms with E-state index in [2.05, 4.69) is 77.3 Å². The van der Waals surface area contributed by atoms with Crippen molar-refractivity contribution in [2.45, 2.75) is 44.3 Å². The van der Waals surface area contributed by atoms with Crippen LogP contribution in [0.25, 0.3) is 11.0 Å². The van der Waals surface area contributed by atoms with Crippen molar-refractivity contribution >= 4 is 16.9 Å². The average molecular weight is 435 g/mol. The van der Waals surface area contributed by atoms with Gasteiger partial charge in [0.05, 0.1) is 6.04 Å². The van der Waals surface area contributed by atoms with Crippen molar-refractivity contribution in [3.8, 4) is 0 Å². The van der Waals surface area contributed by atoms with Gasteiger partial charge in [0.1, 0.15) is 11.3 Å². The summed E-state index contributed by atoms with van der Waals surface area (Å²) in [6.07, 6.45) is 1.90. The van der Waals surface area contributed by atoms with Crippen LogP contribution in [-0.2, 0) is 4.74 Å². The maximum Gasteiger partial charge on any atom is 0.191 e. The molecular formula is C26H34N4O2. The second kappa shape index (κ2) is 10.2. The molecule has 6 nitrogen and oxygen atoms in total. The number of rotatable bonds is 7. The average Bonchev–Trinajstić information content (AvgIpc) is 3.27. The van der Waals surface area contributed by atoms with Gasteiger partial charge in [0.2, 0.25) is 0 Å². The number of hydrogen-bond acceptors (Lipinski definition) is 4. The van der Waals surface area contributed by atoms with Crippen molar-refractivity contribution in [1.29, 1.82) is 0 Å². The molecule has 2 unspecified atom stereocenters. The summed E-state index contributed by atoms with van der Waals surface area (Å²) in [6, 6.07) is 21.0. The zero-order valence-corrected chi connectivity index (χ0v) is 19.2. The predicted molar refractivity (Wildman–Crippen MR) is 130 cm³/mol. The van der Waals surface area contributed by atoms with Gasteiger partial charge >= 0.3 is 0 Å². The normalized spacial score (nSPS) is 18.3. The predicted octanol–water partition coefficient (Wildman–Crippen LogP) is 4.56. The largest absolute Gasteiger partial charge is 0.459 e. The molecule has 4 rings (SSSR count). The third-order valence-corrected chi connectivity index (χ3v) is 6.31. The standard InChI is InChI=1S/C26H34N4O2/c1-19(21-9-5-4-6-10-21)30-26(13-15-31-16-14-26)18-28-25(27-3)29-20(2)24-17-22-11-7-8-12-23(22)32-24/h4-12,17,19-20,30H,13-16,18H2,1-3H3,(H2,27,28,29). The highest BCUT2D eigenvalue weighted by atomic mass is 16.5. The monoisotopic (exact) mass is 434 g/mol. The molecule has 1 aromatic heterocycles. The fourth-order valence-electron chi connectivity index (χ4n) is 4.36. The summed E-state index contributed by atoms with van der Waals surface area (Å²) >= 11 is 0. The van der Waals surface area contributed by atoms with E-state index in [0.717, 1.165) is 55.3 Å². The number of ether oxygens (including phenoxy) is 1. The van der Waals surface area contributed by atoms with E-state index >= 15 is 0 Å². The Morgan fingerprint density at radius 3 is 2.44 bits per heavy atom. The minimum absolute atomic E-state index is 0.00422. The molecule has 1 aliphatic rings. The fraction of sp³-hybridized carbons (Fsp3) is 0.423. The van der Waals surface area contributed by atoms with Crippen molar-refractivity contribution in [3.05, 3.63) is 72.0 Å². The van der Waals surface area contributed by atoms with Gasteiger partial charge < -0.3 is 25.1 Å². The first kappa shape index (κ1) is 22.4. The molecule has 0 aliphatic carbocycles. The number of guanidine groups is 1. The Balaban J connectivity index is 1.40. The Bertz CT molecular complexity index is 991. The number of benzene rings is 2. The molecule has 0 spiro atoms. The van der Waals surface area contributed by atoms with Crippen LogP contribution >= 0.6 is 0 Å². The molecule has 170 valence electrons. The van der Waals surface area contributed by atoms with Gasteiger partial charge in [-0.25, -0.2) is 0 Å². The third kappa shape index (κ3) is 5.31. The van der Waals surface area contributed by atoms with Gasteiger partial charge in [-0.15, -0.1) is 0 Å². The number of furan rings is 1. The molecule has 0 amide bonds. The van der Waals surface area contributed by atoms with E-state index in [0.29, 0.717) is 0 Å². The Labute approximate surface area is 190 Å². The quantitative estimate of drug-likeness (QED) is 0.376. The first-order valence-corrected chi connectivity index (χ1v) is 11.4. The second-order valence-electron chi connectivity index (χ2n) is 8.65. The highest BCUT2D eigenvalue weighted by Gasteiger charge is 2.34. The van der Waals surface area contributed by atoms with Crippen LogP contribution in [-0.4, -0.2) is 38.3 Å². The van der Waals surface area contributed by atoms with E-state index in [1.165, 1.54) is 5.56 Å². The molecule has 3 aromatic rings. The lowest BCUT2D eigenvalue weighted by Gasteiger charge is -2.41. The molecule has 2 aromatic carbocycles. The lowest BCUT2D eigenvalue weighted by Crippen LogP contribution is -2.58. The molecule has 1 fully saturated rings. The van der Waals surface area contributed by atoms with E-state index in [9.17, 15) is 0 Å². The zero-order chi connectivity index (χ0) is 22.4. The van der Waals surface area contributed by atoms with Gasteiger partial charge in [-0.2, -0.15) is 0 Å². The number of aliphatic imine (C=N–C) groups is 1. The molecular weight excluding hydrogens is 400 g/mol. The summed E-state index contributed by atoms with van der Waals surface area (Å²) in [4.78, 5) is 4.45. The zero-order valence-electron chi connectivity index (χ0n) is 19.2. The Morgan fingerprint density at radius 1 is 1.00 bits per heavy atom. The van der Waals surface area contributed by atoms with Gasteiger partial charge in [0.25, 0.3) is 0 Å². The smallest absolute Gasteiger partial charge is 0.191 e. The van der Waals surface area contributed by atoms with E-state index in [4.69, 9.17) is 9.15 Å². The summed E-state index contributed by atoms with van der Waals surface area (Å²) in [5.41, 5.74) is 2.13. The van der Waals surface area contributed by atoms with Crippen molar-refractivity contribution in [1.82, 2.24) is 16.0 Å². The SMILES string of the molecule is CN=C(NCC1(NC(C)c2ccccc2)CCOCC1)NC(C)c1cc2ccccc2o1. The van der Waals surface area contributed by atoms with E-state index in [1.807, 2.05) is 18.2 Å². The van der Waals surface area contributed by atoms with Crippen molar-refractivity contribution in [2.24, 2.45) is 4.99 Å². The Kier molecular flexibility index (Phi) is 7.12. The van der Waals surface area contributed by atoms with Crippen LogP contribution in [0.1, 0.15) is 50.1 Å². The number of hydrogen-bond donors (Lipinski definition) is 3. The number of nitrogens with zero attached hydrogens (tertiary/aromatic N) is 1.